The summed E-state index contributed by atoms with van der Waals surface area (Å²) >= 11 is 0. The summed E-state index contributed by atoms with van der Waals surface area (Å²) in [5.41, 5.74) is 20.5. The quantitative estimate of drug-likeness (QED) is 0.179. The van der Waals surface area contributed by atoms with Crippen LogP contribution in [0.2, 0.25) is 0 Å². The molecular formula is C45H37N. The number of nitrogens with zero attached hydrogens (tertiary/aromatic N) is 1. The molecule has 3 aliphatic rings. The molecule has 0 N–H and O–H groups in total. The average Bonchev–Trinajstić information content (AvgIpc) is 3.68. The molecule has 0 spiro atoms. The van der Waals surface area contributed by atoms with Crippen molar-refractivity contribution >= 4 is 21.8 Å². The zero-order valence-corrected chi connectivity index (χ0v) is 27.4. The van der Waals surface area contributed by atoms with Gasteiger partial charge in [0.05, 0.1) is 11.0 Å². The number of benzene rings is 6. The van der Waals surface area contributed by atoms with Gasteiger partial charge in [0.2, 0.25) is 0 Å². The molecule has 46 heavy (non-hydrogen) atoms. The van der Waals surface area contributed by atoms with Crippen LogP contribution >= 0.6 is 0 Å². The van der Waals surface area contributed by atoms with Gasteiger partial charge in [0, 0.05) is 32.7 Å². The second-order valence-electron chi connectivity index (χ2n) is 15.3. The number of rotatable bonds is 1. The standard InChI is InChI=1S/C45H37N/c1-43(2)32-19-11-7-15-27(32)28-24-23-26(25-35(28)43)46-36-22-14-10-18-31(36)39-40-37(29-16-8-12-20-33(29)44(40,3)4)38-30-17-9-13-21-34(30)45(5,6)41(38)42(39)46/h7-25H,1-6H3. The summed E-state index contributed by atoms with van der Waals surface area (Å²) < 4.78 is 2.62. The molecule has 1 nitrogen and oxygen atoms in total. The summed E-state index contributed by atoms with van der Waals surface area (Å²) in [6.45, 7) is 14.5. The SMILES string of the molecule is CC1(C)c2ccccc2-c2ccc(-n3c4ccccc4c4c5c(c6c(c43)C(C)(C)c3ccccc3-6)-c3ccccc3C5(C)C)cc21. The summed E-state index contributed by atoms with van der Waals surface area (Å²) in [7, 11) is 0. The van der Waals surface area contributed by atoms with E-state index in [0.29, 0.717) is 0 Å². The van der Waals surface area contributed by atoms with Gasteiger partial charge in [-0.1, -0.05) is 139 Å². The third-order valence-corrected chi connectivity index (χ3v) is 11.9. The van der Waals surface area contributed by atoms with Crippen molar-refractivity contribution in [1.29, 1.82) is 0 Å². The van der Waals surface area contributed by atoms with Crippen LogP contribution in [0.5, 0.6) is 0 Å². The van der Waals surface area contributed by atoms with Crippen LogP contribution in [0.25, 0.3) is 60.9 Å². The fourth-order valence-corrected chi connectivity index (χ4v) is 9.86. The molecule has 1 heteroatoms. The van der Waals surface area contributed by atoms with Crippen molar-refractivity contribution in [1.82, 2.24) is 4.57 Å². The Morgan fingerprint density at radius 1 is 0.435 bits per heavy atom. The van der Waals surface area contributed by atoms with Gasteiger partial charge in [-0.15, -0.1) is 0 Å². The first-order valence-corrected chi connectivity index (χ1v) is 16.7. The normalized spacial score (nSPS) is 17.0. The van der Waals surface area contributed by atoms with Crippen LogP contribution in [-0.2, 0) is 16.2 Å². The maximum Gasteiger partial charge on any atom is 0.0591 e. The molecule has 0 radical (unpaired) electrons. The van der Waals surface area contributed by atoms with Gasteiger partial charge in [0.15, 0.2) is 0 Å². The Kier molecular flexibility index (Phi) is 4.74. The largest absolute Gasteiger partial charge is 0.309 e. The molecule has 0 unspecified atom stereocenters. The molecular weight excluding hydrogens is 555 g/mol. The van der Waals surface area contributed by atoms with Crippen LogP contribution in [-0.4, -0.2) is 4.57 Å². The predicted molar refractivity (Wildman–Crippen MR) is 193 cm³/mol. The summed E-state index contributed by atoms with van der Waals surface area (Å²) in [5.74, 6) is 0. The molecule has 0 amide bonds. The summed E-state index contributed by atoms with van der Waals surface area (Å²) in [6, 6.07) is 43.7. The topological polar surface area (TPSA) is 4.93 Å². The maximum atomic E-state index is 2.62. The summed E-state index contributed by atoms with van der Waals surface area (Å²) in [4.78, 5) is 0. The minimum atomic E-state index is -0.167. The van der Waals surface area contributed by atoms with E-state index >= 15 is 0 Å². The Morgan fingerprint density at radius 3 is 1.61 bits per heavy atom. The van der Waals surface area contributed by atoms with Crippen molar-refractivity contribution < 1.29 is 0 Å². The molecule has 0 saturated carbocycles. The molecule has 3 aliphatic carbocycles. The number of hydrogen-bond donors (Lipinski definition) is 0. The monoisotopic (exact) mass is 591 g/mol. The lowest BCUT2D eigenvalue weighted by Crippen LogP contribution is -2.19. The number of fused-ring (bicyclic) bond motifs is 15. The van der Waals surface area contributed by atoms with E-state index in [1.54, 1.807) is 0 Å². The highest BCUT2D eigenvalue weighted by Gasteiger charge is 2.47. The van der Waals surface area contributed by atoms with Gasteiger partial charge < -0.3 is 4.57 Å². The Bertz CT molecular complexity index is 2500. The summed E-state index contributed by atoms with van der Waals surface area (Å²) in [5, 5.41) is 2.75. The second kappa shape index (κ2) is 8.28. The fraction of sp³-hybridized carbons (Fsp3) is 0.200. The van der Waals surface area contributed by atoms with Gasteiger partial charge in [-0.25, -0.2) is 0 Å². The molecule has 0 fully saturated rings. The van der Waals surface area contributed by atoms with Gasteiger partial charge in [-0.05, 0) is 85.0 Å². The van der Waals surface area contributed by atoms with Crippen LogP contribution < -0.4 is 0 Å². The van der Waals surface area contributed by atoms with E-state index in [0.717, 1.165) is 0 Å². The van der Waals surface area contributed by atoms with E-state index in [2.05, 4.69) is 161 Å². The minimum absolute atomic E-state index is 0.0664. The molecule has 6 aromatic carbocycles. The predicted octanol–water partition coefficient (Wildman–Crippen LogP) is 11.7. The first kappa shape index (κ1) is 26.3. The average molecular weight is 592 g/mol. The Morgan fingerprint density at radius 2 is 0.935 bits per heavy atom. The highest BCUT2D eigenvalue weighted by Crippen LogP contribution is 2.63. The van der Waals surface area contributed by atoms with Crippen molar-refractivity contribution in [3.63, 3.8) is 0 Å². The number of para-hydroxylation sites is 1. The highest BCUT2D eigenvalue weighted by molar-refractivity contribution is 6.20. The van der Waals surface area contributed by atoms with Crippen molar-refractivity contribution in [3.05, 3.63) is 149 Å². The summed E-state index contributed by atoms with van der Waals surface area (Å²) in [6.07, 6.45) is 0. The molecule has 0 bridgehead atoms. The van der Waals surface area contributed by atoms with E-state index in [1.807, 2.05) is 0 Å². The second-order valence-corrected chi connectivity index (χ2v) is 15.3. The molecule has 1 aromatic heterocycles. The van der Waals surface area contributed by atoms with Gasteiger partial charge in [0.1, 0.15) is 0 Å². The Balaban J connectivity index is 1.42. The van der Waals surface area contributed by atoms with Crippen molar-refractivity contribution in [2.45, 2.75) is 57.8 Å². The van der Waals surface area contributed by atoms with Gasteiger partial charge >= 0.3 is 0 Å². The van der Waals surface area contributed by atoms with E-state index < -0.39 is 0 Å². The van der Waals surface area contributed by atoms with Crippen LogP contribution in [0.4, 0.5) is 0 Å². The lowest BCUT2D eigenvalue weighted by Gasteiger charge is -2.27. The van der Waals surface area contributed by atoms with Gasteiger partial charge in [-0.2, -0.15) is 0 Å². The molecule has 0 saturated heterocycles. The minimum Gasteiger partial charge on any atom is -0.309 e. The third-order valence-electron chi connectivity index (χ3n) is 11.9. The maximum absolute atomic E-state index is 2.62. The van der Waals surface area contributed by atoms with Crippen LogP contribution in [0, 0.1) is 0 Å². The molecule has 0 aliphatic heterocycles. The molecule has 1 heterocycles. The van der Waals surface area contributed by atoms with Crippen molar-refractivity contribution in [3.8, 4) is 39.1 Å². The zero-order chi connectivity index (χ0) is 31.3. The van der Waals surface area contributed by atoms with Gasteiger partial charge in [-0.3, -0.25) is 0 Å². The first-order valence-electron chi connectivity index (χ1n) is 16.7. The van der Waals surface area contributed by atoms with Crippen LogP contribution in [0.15, 0.2) is 115 Å². The van der Waals surface area contributed by atoms with Crippen LogP contribution in [0.1, 0.15) is 74.9 Å². The lowest BCUT2D eigenvalue weighted by molar-refractivity contribution is 0.657. The van der Waals surface area contributed by atoms with Crippen molar-refractivity contribution in [2.24, 2.45) is 0 Å². The molecule has 10 rings (SSSR count). The molecule has 0 atom stereocenters. The number of hydrogen-bond acceptors (Lipinski definition) is 0. The Hall–Kier alpha value is -4.88. The highest BCUT2D eigenvalue weighted by atomic mass is 15.0. The fourth-order valence-electron chi connectivity index (χ4n) is 9.86. The smallest absolute Gasteiger partial charge is 0.0591 e. The molecule has 7 aromatic rings. The van der Waals surface area contributed by atoms with E-state index in [1.165, 1.54) is 94.3 Å². The Labute approximate surface area is 271 Å². The third kappa shape index (κ3) is 2.90. The first-order chi connectivity index (χ1) is 22.1. The van der Waals surface area contributed by atoms with E-state index in [-0.39, 0.29) is 16.2 Å². The van der Waals surface area contributed by atoms with Crippen molar-refractivity contribution in [2.75, 3.05) is 0 Å². The number of aromatic nitrogens is 1. The van der Waals surface area contributed by atoms with Gasteiger partial charge in [0.25, 0.3) is 0 Å². The van der Waals surface area contributed by atoms with E-state index in [9.17, 15) is 0 Å². The van der Waals surface area contributed by atoms with Crippen LogP contribution in [0.3, 0.4) is 0 Å². The van der Waals surface area contributed by atoms with E-state index in [4.69, 9.17) is 0 Å². The zero-order valence-electron chi connectivity index (χ0n) is 27.4. The molecule has 222 valence electrons. The lowest BCUT2D eigenvalue weighted by atomic mass is 9.76.